The lowest BCUT2D eigenvalue weighted by Crippen LogP contribution is -2.27. The van der Waals surface area contributed by atoms with E-state index in [0.717, 1.165) is 17.6 Å². The van der Waals surface area contributed by atoms with Crippen molar-refractivity contribution in [1.82, 2.24) is 5.32 Å². The summed E-state index contributed by atoms with van der Waals surface area (Å²) in [6, 6.07) is 7.51. The first-order chi connectivity index (χ1) is 8.29. The van der Waals surface area contributed by atoms with Crippen molar-refractivity contribution in [2.45, 2.75) is 31.2 Å². The number of furan rings is 1. The van der Waals surface area contributed by atoms with Crippen molar-refractivity contribution in [3.63, 3.8) is 0 Å². The molecule has 2 unspecified atom stereocenters. The summed E-state index contributed by atoms with van der Waals surface area (Å²) in [6.07, 6.45) is 3.49. The Kier molecular flexibility index (Phi) is 2.63. The number of likely N-dealkylation sites (N-methyl/N-ethyl adjacent to an activating group) is 1. The lowest BCUT2D eigenvalue weighted by molar-refractivity contribution is 0.429. The highest BCUT2D eigenvalue weighted by molar-refractivity contribution is 5.78. The minimum Gasteiger partial charge on any atom is -0.458 e. The second-order valence-corrected chi connectivity index (χ2v) is 4.74. The van der Waals surface area contributed by atoms with Gasteiger partial charge in [-0.15, -0.1) is 0 Å². The first-order valence-electron chi connectivity index (χ1n) is 6.15. The Balaban J connectivity index is 2.03. The summed E-state index contributed by atoms with van der Waals surface area (Å²) >= 11 is 0. The number of hydrogen-bond donors (Lipinski definition) is 1. The van der Waals surface area contributed by atoms with Crippen molar-refractivity contribution in [2.75, 3.05) is 7.05 Å². The molecule has 1 saturated carbocycles. The Morgan fingerprint density at radius 1 is 1.35 bits per heavy atom. The summed E-state index contributed by atoms with van der Waals surface area (Å²) in [5, 5.41) is 4.18. The van der Waals surface area contributed by atoms with Crippen LogP contribution in [0.1, 0.15) is 30.9 Å². The van der Waals surface area contributed by atoms with E-state index in [1.165, 1.54) is 18.9 Å². The summed E-state index contributed by atoms with van der Waals surface area (Å²) in [7, 11) is 1.98. The van der Waals surface area contributed by atoms with Crippen LogP contribution in [0.3, 0.4) is 0 Å². The third-order valence-corrected chi connectivity index (χ3v) is 3.77. The zero-order valence-electron chi connectivity index (χ0n) is 9.87. The monoisotopic (exact) mass is 233 g/mol. The number of rotatable bonds is 2. The molecule has 17 heavy (non-hydrogen) atoms. The predicted molar refractivity (Wildman–Crippen MR) is 65.6 cm³/mol. The molecule has 1 fully saturated rings. The van der Waals surface area contributed by atoms with Crippen LogP contribution in [0.5, 0.6) is 0 Å². The standard InChI is InChI=1S/C14H16FNO/c1-16-12-7-3-5-10(12)13-8-9-4-2-6-11(15)14(9)17-13/h2,4,6,8,10,12,16H,3,5,7H2,1H3. The van der Waals surface area contributed by atoms with Crippen molar-refractivity contribution in [1.29, 1.82) is 0 Å². The van der Waals surface area contributed by atoms with Crippen LogP contribution in [0.15, 0.2) is 28.7 Å². The predicted octanol–water partition coefficient (Wildman–Crippen LogP) is 3.43. The van der Waals surface area contributed by atoms with Gasteiger partial charge < -0.3 is 9.73 Å². The minimum atomic E-state index is -0.271. The van der Waals surface area contributed by atoms with Gasteiger partial charge >= 0.3 is 0 Å². The van der Waals surface area contributed by atoms with Crippen LogP contribution >= 0.6 is 0 Å². The Bertz CT molecular complexity index is 534. The summed E-state index contributed by atoms with van der Waals surface area (Å²) in [6.45, 7) is 0. The van der Waals surface area contributed by atoms with Gasteiger partial charge in [-0.1, -0.05) is 18.6 Å². The van der Waals surface area contributed by atoms with Crippen LogP contribution in [-0.2, 0) is 0 Å². The molecule has 0 aliphatic heterocycles. The highest BCUT2D eigenvalue weighted by Gasteiger charge is 2.30. The second-order valence-electron chi connectivity index (χ2n) is 4.74. The fourth-order valence-corrected chi connectivity index (χ4v) is 2.88. The van der Waals surface area contributed by atoms with Gasteiger partial charge in [0.05, 0.1) is 0 Å². The van der Waals surface area contributed by atoms with Gasteiger partial charge in [0.2, 0.25) is 0 Å². The quantitative estimate of drug-likeness (QED) is 0.859. The first kappa shape index (κ1) is 10.8. The summed E-state index contributed by atoms with van der Waals surface area (Å²) in [5.74, 6) is 1.03. The molecule has 3 heteroatoms. The Hall–Kier alpha value is -1.35. The van der Waals surface area contributed by atoms with Gasteiger partial charge in [0.25, 0.3) is 0 Å². The van der Waals surface area contributed by atoms with Crippen LogP contribution in [0, 0.1) is 5.82 Å². The van der Waals surface area contributed by atoms with Crippen molar-refractivity contribution < 1.29 is 8.81 Å². The van der Waals surface area contributed by atoms with E-state index in [1.54, 1.807) is 6.07 Å². The molecule has 2 atom stereocenters. The number of nitrogens with one attached hydrogen (secondary N) is 1. The molecule has 0 saturated heterocycles. The smallest absolute Gasteiger partial charge is 0.169 e. The molecule has 90 valence electrons. The zero-order chi connectivity index (χ0) is 11.8. The SMILES string of the molecule is CNC1CCCC1c1cc2cccc(F)c2o1. The van der Waals surface area contributed by atoms with Gasteiger partial charge in [-0.25, -0.2) is 4.39 Å². The molecule has 1 aliphatic rings. The molecule has 0 amide bonds. The minimum absolute atomic E-state index is 0.271. The average Bonchev–Trinajstić information content (AvgIpc) is 2.94. The van der Waals surface area contributed by atoms with Crippen molar-refractivity contribution in [3.05, 3.63) is 35.8 Å². The highest BCUT2D eigenvalue weighted by Crippen LogP contribution is 2.37. The average molecular weight is 233 g/mol. The van der Waals surface area contributed by atoms with Gasteiger partial charge in [0.1, 0.15) is 5.76 Å². The van der Waals surface area contributed by atoms with Crippen LogP contribution in [0.4, 0.5) is 4.39 Å². The molecule has 2 nitrogen and oxygen atoms in total. The van der Waals surface area contributed by atoms with E-state index < -0.39 is 0 Å². The Morgan fingerprint density at radius 3 is 3.00 bits per heavy atom. The van der Waals surface area contributed by atoms with E-state index in [9.17, 15) is 4.39 Å². The number of para-hydroxylation sites is 1. The van der Waals surface area contributed by atoms with Crippen LogP contribution < -0.4 is 5.32 Å². The molecule has 1 aromatic heterocycles. The summed E-state index contributed by atoms with van der Waals surface area (Å²) in [5.41, 5.74) is 0.393. The fourth-order valence-electron chi connectivity index (χ4n) is 2.88. The van der Waals surface area contributed by atoms with Gasteiger partial charge in [0, 0.05) is 17.3 Å². The summed E-state index contributed by atoms with van der Waals surface area (Å²) in [4.78, 5) is 0. The van der Waals surface area contributed by atoms with Crippen molar-refractivity contribution in [2.24, 2.45) is 0 Å². The lowest BCUT2D eigenvalue weighted by Gasteiger charge is -2.16. The van der Waals surface area contributed by atoms with Crippen LogP contribution in [0.2, 0.25) is 0 Å². The molecule has 0 spiro atoms. The molecule has 1 aromatic carbocycles. The van der Waals surface area contributed by atoms with Gasteiger partial charge in [-0.05, 0) is 32.0 Å². The maximum Gasteiger partial charge on any atom is 0.169 e. The fraction of sp³-hybridized carbons (Fsp3) is 0.429. The lowest BCUT2D eigenvalue weighted by atomic mass is 10.0. The van der Waals surface area contributed by atoms with E-state index in [4.69, 9.17) is 4.42 Å². The number of benzene rings is 1. The molecule has 0 bridgehead atoms. The third kappa shape index (κ3) is 1.75. The number of fused-ring (bicyclic) bond motifs is 1. The molecule has 2 aromatic rings. The molecule has 1 heterocycles. The largest absolute Gasteiger partial charge is 0.458 e. The van der Waals surface area contributed by atoms with E-state index >= 15 is 0 Å². The Morgan fingerprint density at radius 2 is 2.24 bits per heavy atom. The molecule has 0 radical (unpaired) electrons. The van der Waals surface area contributed by atoms with Gasteiger partial charge in [-0.3, -0.25) is 0 Å². The highest BCUT2D eigenvalue weighted by atomic mass is 19.1. The van der Waals surface area contributed by atoms with E-state index in [2.05, 4.69) is 5.32 Å². The van der Waals surface area contributed by atoms with Crippen LogP contribution in [0.25, 0.3) is 11.0 Å². The Labute approximate surface area is 99.8 Å². The normalized spacial score (nSPS) is 24.6. The van der Waals surface area contributed by atoms with Gasteiger partial charge in [0.15, 0.2) is 11.4 Å². The van der Waals surface area contributed by atoms with Crippen LogP contribution in [-0.4, -0.2) is 13.1 Å². The first-order valence-corrected chi connectivity index (χ1v) is 6.15. The molecule has 1 N–H and O–H groups in total. The topological polar surface area (TPSA) is 25.2 Å². The zero-order valence-corrected chi connectivity index (χ0v) is 9.87. The second kappa shape index (κ2) is 4.15. The van der Waals surface area contributed by atoms with Gasteiger partial charge in [-0.2, -0.15) is 0 Å². The van der Waals surface area contributed by atoms with Crippen molar-refractivity contribution in [3.8, 4) is 0 Å². The number of halogens is 1. The maximum atomic E-state index is 13.6. The molecule has 1 aliphatic carbocycles. The molecule has 3 rings (SSSR count). The van der Waals surface area contributed by atoms with Crippen molar-refractivity contribution >= 4 is 11.0 Å². The number of hydrogen-bond acceptors (Lipinski definition) is 2. The van der Waals surface area contributed by atoms with E-state index in [-0.39, 0.29) is 5.82 Å². The van der Waals surface area contributed by atoms with E-state index in [1.807, 2.05) is 19.2 Å². The third-order valence-electron chi connectivity index (χ3n) is 3.77. The molecular weight excluding hydrogens is 217 g/mol. The summed E-state index contributed by atoms with van der Waals surface area (Å²) < 4.78 is 19.3. The maximum absolute atomic E-state index is 13.6. The van der Waals surface area contributed by atoms with E-state index in [0.29, 0.717) is 17.5 Å². The molecular formula is C14H16FNO.